The Morgan fingerprint density at radius 3 is 2.55 bits per heavy atom. The summed E-state index contributed by atoms with van der Waals surface area (Å²) in [5.41, 5.74) is 0.345. The third-order valence-corrected chi connectivity index (χ3v) is 5.61. The fourth-order valence-corrected chi connectivity index (χ4v) is 3.05. The van der Waals surface area contributed by atoms with Gasteiger partial charge in [-0.1, -0.05) is 13.0 Å². The number of hydrogen-bond donors (Lipinski definition) is 0. The molecule has 20 heavy (non-hydrogen) atoms. The van der Waals surface area contributed by atoms with Gasteiger partial charge in [0.05, 0.1) is 22.3 Å². The van der Waals surface area contributed by atoms with Gasteiger partial charge in [-0.15, -0.1) is 0 Å². The molecule has 0 spiro atoms. The normalized spacial score (nSPS) is 12.4. The molecule has 0 atom stereocenters. The molecular formula is C15H22N2O2S. The third-order valence-electron chi connectivity index (χ3n) is 3.92. The second kappa shape index (κ2) is 6.38. The van der Waals surface area contributed by atoms with Gasteiger partial charge in [0.1, 0.15) is 0 Å². The fraction of sp³-hybridized carbons (Fsp3) is 0.533. The van der Waals surface area contributed by atoms with Crippen molar-refractivity contribution < 1.29 is 8.42 Å². The standard InChI is InChI=1S/C15H22N2O2S/c1-5-15(2,3)17(4)9-10-20(18,19)14-8-6-7-13(11-14)12-16/h6-8,11H,5,9-10H2,1-4H3. The van der Waals surface area contributed by atoms with Gasteiger partial charge in [0.15, 0.2) is 9.84 Å². The van der Waals surface area contributed by atoms with Gasteiger partial charge in [0, 0.05) is 12.1 Å². The first kappa shape index (κ1) is 16.7. The maximum Gasteiger partial charge on any atom is 0.179 e. The van der Waals surface area contributed by atoms with E-state index in [9.17, 15) is 8.42 Å². The minimum absolute atomic E-state index is 0.0238. The average Bonchev–Trinajstić information content (AvgIpc) is 2.44. The van der Waals surface area contributed by atoms with Crippen molar-refractivity contribution in [3.05, 3.63) is 29.8 Å². The van der Waals surface area contributed by atoms with E-state index in [1.165, 1.54) is 6.07 Å². The lowest BCUT2D eigenvalue weighted by Crippen LogP contribution is -2.42. The van der Waals surface area contributed by atoms with Crippen molar-refractivity contribution in [1.82, 2.24) is 4.90 Å². The molecule has 0 heterocycles. The lowest BCUT2D eigenvalue weighted by Gasteiger charge is -2.34. The Morgan fingerprint density at radius 2 is 2.00 bits per heavy atom. The fourth-order valence-electron chi connectivity index (χ4n) is 1.71. The van der Waals surface area contributed by atoms with Crippen LogP contribution in [0.1, 0.15) is 32.8 Å². The van der Waals surface area contributed by atoms with Crippen molar-refractivity contribution >= 4 is 9.84 Å². The van der Waals surface area contributed by atoms with Crippen LogP contribution in [-0.2, 0) is 9.84 Å². The molecule has 0 aromatic heterocycles. The zero-order chi connectivity index (χ0) is 15.4. The highest BCUT2D eigenvalue weighted by molar-refractivity contribution is 7.91. The van der Waals surface area contributed by atoms with Crippen LogP contribution in [0.15, 0.2) is 29.2 Å². The van der Waals surface area contributed by atoms with Crippen LogP contribution < -0.4 is 0 Å². The average molecular weight is 294 g/mol. The van der Waals surface area contributed by atoms with Gasteiger partial charge < -0.3 is 4.90 Å². The van der Waals surface area contributed by atoms with E-state index in [1.54, 1.807) is 18.2 Å². The van der Waals surface area contributed by atoms with Crippen LogP contribution in [0.5, 0.6) is 0 Å². The molecule has 0 amide bonds. The highest BCUT2D eigenvalue weighted by atomic mass is 32.2. The van der Waals surface area contributed by atoms with Crippen molar-refractivity contribution in [3.63, 3.8) is 0 Å². The molecule has 0 aliphatic rings. The van der Waals surface area contributed by atoms with Gasteiger partial charge >= 0.3 is 0 Å². The minimum atomic E-state index is -3.35. The summed E-state index contributed by atoms with van der Waals surface area (Å²) in [7, 11) is -1.41. The number of benzene rings is 1. The van der Waals surface area contributed by atoms with Crippen LogP contribution >= 0.6 is 0 Å². The summed E-state index contributed by atoms with van der Waals surface area (Å²) in [6.45, 7) is 6.74. The molecule has 4 nitrogen and oxygen atoms in total. The molecule has 0 N–H and O–H groups in total. The molecule has 0 aliphatic heterocycles. The molecule has 0 radical (unpaired) electrons. The van der Waals surface area contributed by atoms with Crippen LogP contribution in [0.25, 0.3) is 0 Å². The number of sulfone groups is 1. The van der Waals surface area contributed by atoms with E-state index in [4.69, 9.17) is 5.26 Å². The first-order valence-corrected chi connectivity index (χ1v) is 8.32. The SMILES string of the molecule is CCC(C)(C)N(C)CCS(=O)(=O)c1cccc(C#N)c1. The van der Waals surface area contributed by atoms with E-state index < -0.39 is 9.84 Å². The summed E-state index contributed by atoms with van der Waals surface area (Å²) >= 11 is 0. The molecule has 5 heteroatoms. The zero-order valence-corrected chi connectivity index (χ0v) is 13.4. The molecule has 0 fully saturated rings. The van der Waals surface area contributed by atoms with Gasteiger partial charge in [-0.2, -0.15) is 5.26 Å². The Hall–Kier alpha value is -1.38. The number of rotatable bonds is 6. The summed E-state index contributed by atoms with van der Waals surface area (Å²) in [5.74, 6) is 0.0574. The maximum absolute atomic E-state index is 12.3. The zero-order valence-electron chi connectivity index (χ0n) is 12.5. The van der Waals surface area contributed by atoms with Gasteiger partial charge in [-0.25, -0.2) is 8.42 Å². The van der Waals surface area contributed by atoms with E-state index in [0.717, 1.165) is 6.42 Å². The van der Waals surface area contributed by atoms with Crippen molar-refractivity contribution in [2.45, 2.75) is 37.6 Å². The Labute approximate surface area is 121 Å². The lowest BCUT2D eigenvalue weighted by molar-refractivity contribution is 0.160. The summed E-state index contributed by atoms with van der Waals surface area (Å²) in [5, 5.41) is 8.83. The smallest absolute Gasteiger partial charge is 0.179 e. The predicted octanol–water partition coefficient (Wildman–Crippen LogP) is 2.45. The first-order valence-electron chi connectivity index (χ1n) is 6.67. The maximum atomic E-state index is 12.3. The molecule has 0 bridgehead atoms. The Morgan fingerprint density at radius 1 is 1.35 bits per heavy atom. The van der Waals surface area contributed by atoms with Crippen LogP contribution in [0.4, 0.5) is 0 Å². The van der Waals surface area contributed by atoms with E-state index in [2.05, 4.69) is 25.7 Å². The van der Waals surface area contributed by atoms with Crippen molar-refractivity contribution in [2.75, 3.05) is 19.3 Å². The highest BCUT2D eigenvalue weighted by Crippen LogP contribution is 2.18. The second-order valence-electron chi connectivity index (χ2n) is 5.55. The first-order chi connectivity index (χ1) is 9.23. The molecule has 0 unspecified atom stereocenters. The predicted molar refractivity (Wildman–Crippen MR) is 80.2 cm³/mol. The topological polar surface area (TPSA) is 61.2 Å². The summed E-state index contributed by atoms with van der Waals surface area (Å²) in [6, 6.07) is 8.14. The number of nitrogens with zero attached hydrogens (tertiary/aromatic N) is 2. The molecule has 1 aromatic carbocycles. The third kappa shape index (κ3) is 4.06. The molecular weight excluding hydrogens is 272 g/mol. The molecule has 0 saturated carbocycles. The van der Waals surface area contributed by atoms with Crippen LogP contribution in [0, 0.1) is 11.3 Å². The van der Waals surface area contributed by atoms with Crippen LogP contribution in [0.2, 0.25) is 0 Å². The number of nitriles is 1. The van der Waals surface area contributed by atoms with Crippen molar-refractivity contribution in [3.8, 4) is 6.07 Å². The minimum Gasteiger partial charge on any atom is -0.300 e. The molecule has 110 valence electrons. The monoisotopic (exact) mass is 294 g/mol. The van der Waals surface area contributed by atoms with Gasteiger partial charge in [0.25, 0.3) is 0 Å². The second-order valence-corrected chi connectivity index (χ2v) is 7.66. The quantitative estimate of drug-likeness (QED) is 0.808. The van der Waals surface area contributed by atoms with E-state index in [0.29, 0.717) is 12.1 Å². The highest BCUT2D eigenvalue weighted by Gasteiger charge is 2.23. The molecule has 0 saturated heterocycles. The molecule has 0 aliphatic carbocycles. The summed E-state index contributed by atoms with van der Waals surface area (Å²) in [6.07, 6.45) is 0.952. The van der Waals surface area contributed by atoms with Crippen molar-refractivity contribution in [1.29, 1.82) is 5.26 Å². The molecule has 1 aromatic rings. The van der Waals surface area contributed by atoms with Gasteiger partial charge in [0.2, 0.25) is 0 Å². The number of hydrogen-bond acceptors (Lipinski definition) is 4. The molecule has 1 rings (SSSR count). The van der Waals surface area contributed by atoms with E-state index in [1.807, 2.05) is 13.1 Å². The van der Waals surface area contributed by atoms with E-state index >= 15 is 0 Å². The Balaban J connectivity index is 2.83. The van der Waals surface area contributed by atoms with Crippen molar-refractivity contribution in [2.24, 2.45) is 0 Å². The van der Waals surface area contributed by atoms with E-state index in [-0.39, 0.29) is 16.2 Å². The summed E-state index contributed by atoms with van der Waals surface area (Å²) in [4.78, 5) is 2.28. The van der Waals surface area contributed by atoms with Gasteiger partial charge in [-0.3, -0.25) is 0 Å². The lowest BCUT2D eigenvalue weighted by atomic mass is 10.0. The van der Waals surface area contributed by atoms with Crippen LogP contribution in [-0.4, -0.2) is 38.2 Å². The Bertz CT molecular complexity index is 601. The largest absolute Gasteiger partial charge is 0.300 e. The summed E-state index contributed by atoms with van der Waals surface area (Å²) < 4.78 is 24.6. The van der Waals surface area contributed by atoms with Crippen LogP contribution in [0.3, 0.4) is 0 Å². The van der Waals surface area contributed by atoms with Gasteiger partial charge in [-0.05, 0) is 45.5 Å². The Kier molecular flexibility index (Phi) is 5.32.